The van der Waals surface area contributed by atoms with Crippen LogP contribution in [-0.4, -0.2) is 35.8 Å². The smallest absolute Gasteiger partial charge is 0.246 e. The Hall–Kier alpha value is -1.60. The molecule has 0 aromatic carbocycles. The van der Waals surface area contributed by atoms with Crippen molar-refractivity contribution in [2.45, 2.75) is 51.3 Å². The number of hydrogen-bond donors (Lipinski definition) is 1. The van der Waals surface area contributed by atoms with Crippen molar-refractivity contribution in [2.24, 2.45) is 0 Å². The zero-order valence-corrected chi connectivity index (χ0v) is 14.8. The molecular formula is C16H23N3O3S. The SMILES string of the molecule is Cc1cc(S(=O)(=O)N2CCC[C@H](c3nc(C)c(C)[nH]3)C2)c(C)o1. The van der Waals surface area contributed by atoms with Crippen LogP contribution in [0.25, 0.3) is 0 Å². The number of aromatic nitrogens is 2. The first-order valence-electron chi connectivity index (χ1n) is 7.89. The monoisotopic (exact) mass is 337 g/mol. The fourth-order valence-electron chi connectivity index (χ4n) is 3.15. The Morgan fingerprint density at radius 3 is 2.61 bits per heavy atom. The van der Waals surface area contributed by atoms with Gasteiger partial charge in [0.1, 0.15) is 22.2 Å². The Labute approximate surface area is 137 Å². The Kier molecular flexibility index (Phi) is 4.10. The molecule has 3 heterocycles. The Balaban J connectivity index is 1.87. The number of furan rings is 1. The van der Waals surface area contributed by atoms with Gasteiger partial charge in [-0.15, -0.1) is 0 Å². The van der Waals surface area contributed by atoms with Crippen LogP contribution in [0, 0.1) is 27.7 Å². The molecule has 0 saturated carbocycles. The summed E-state index contributed by atoms with van der Waals surface area (Å²) in [5.41, 5.74) is 2.02. The molecule has 23 heavy (non-hydrogen) atoms. The molecule has 0 unspecified atom stereocenters. The summed E-state index contributed by atoms with van der Waals surface area (Å²) in [6.07, 6.45) is 1.78. The molecule has 0 radical (unpaired) electrons. The van der Waals surface area contributed by atoms with E-state index in [1.807, 2.05) is 13.8 Å². The molecule has 1 aliphatic heterocycles. The molecule has 1 atom stereocenters. The summed E-state index contributed by atoms with van der Waals surface area (Å²) in [7, 11) is -3.52. The molecule has 2 aromatic heterocycles. The van der Waals surface area contributed by atoms with E-state index in [0.29, 0.717) is 24.6 Å². The van der Waals surface area contributed by atoms with E-state index >= 15 is 0 Å². The van der Waals surface area contributed by atoms with Gasteiger partial charge in [-0.1, -0.05) is 0 Å². The molecular weight excluding hydrogens is 314 g/mol. The van der Waals surface area contributed by atoms with Crippen molar-refractivity contribution < 1.29 is 12.8 Å². The van der Waals surface area contributed by atoms with Gasteiger partial charge in [0.15, 0.2) is 0 Å². The number of sulfonamides is 1. The second-order valence-corrected chi connectivity index (χ2v) is 8.22. The van der Waals surface area contributed by atoms with E-state index in [2.05, 4.69) is 9.97 Å². The van der Waals surface area contributed by atoms with Gasteiger partial charge >= 0.3 is 0 Å². The van der Waals surface area contributed by atoms with Crippen molar-refractivity contribution in [1.82, 2.24) is 14.3 Å². The molecule has 7 heteroatoms. The van der Waals surface area contributed by atoms with Gasteiger partial charge in [-0.3, -0.25) is 0 Å². The summed E-state index contributed by atoms with van der Waals surface area (Å²) < 4.78 is 32.8. The van der Waals surface area contributed by atoms with E-state index in [9.17, 15) is 8.42 Å². The van der Waals surface area contributed by atoms with Gasteiger partial charge in [0.2, 0.25) is 10.0 Å². The molecule has 1 aliphatic rings. The Bertz CT molecular complexity index is 800. The van der Waals surface area contributed by atoms with Crippen LogP contribution >= 0.6 is 0 Å². The van der Waals surface area contributed by atoms with Crippen molar-refractivity contribution in [3.8, 4) is 0 Å². The lowest BCUT2D eigenvalue weighted by Crippen LogP contribution is -2.39. The third kappa shape index (κ3) is 2.95. The fourth-order valence-corrected chi connectivity index (χ4v) is 4.90. The number of hydrogen-bond acceptors (Lipinski definition) is 4. The largest absolute Gasteiger partial charge is 0.465 e. The summed E-state index contributed by atoms with van der Waals surface area (Å²) in [6.45, 7) is 8.41. The molecule has 1 fully saturated rings. The average Bonchev–Trinajstić information content (AvgIpc) is 3.02. The summed E-state index contributed by atoms with van der Waals surface area (Å²) in [6, 6.07) is 1.61. The molecule has 6 nitrogen and oxygen atoms in total. The number of aryl methyl sites for hydroxylation is 4. The number of nitrogens with one attached hydrogen (secondary N) is 1. The van der Waals surface area contributed by atoms with E-state index in [1.54, 1.807) is 24.2 Å². The zero-order valence-electron chi connectivity index (χ0n) is 14.0. The fraction of sp³-hybridized carbons (Fsp3) is 0.562. The van der Waals surface area contributed by atoms with E-state index in [4.69, 9.17) is 4.42 Å². The van der Waals surface area contributed by atoms with Crippen LogP contribution in [0.5, 0.6) is 0 Å². The highest BCUT2D eigenvalue weighted by molar-refractivity contribution is 7.89. The highest BCUT2D eigenvalue weighted by atomic mass is 32.2. The number of rotatable bonds is 3. The van der Waals surface area contributed by atoms with Crippen molar-refractivity contribution in [3.63, 3.8) is 0 Å². The third-order valence-corrected chi connectivity index (χ3v) is 6.50. The van der Waals surface area contributed by atoms with Crippen LogP contribution in [0.2, 0.25) is 0 Å². The molecule has 3 rings (SSSR count). The molecule has 0 amide bonds. The minimum Gasteiger partial charge on any atom is -0.465 e. The third-order valence-electron chi connectivity index (χ3n) is 4.53. The molecule has 2 aromatic rings. The number of nitrogens with zero attached hydrogens (tertiary/aromatic N) is 2. The van der Waals surface area contributed by atoms with E-state index < -0.39 is 10.0 Å². The minimum absolute atomic E-state index is 0.110. The van der Waals surface area contributed by atoms with Gasteiger partial charge in [-0.05, 0) is 46.6 Å². The van der Waals surface area contributed by atoms with E-state index in [1.165, 1.54) is 0 Å². The van der Waals surface area contributed by atoms with Gasteiger partial charge in [0.25, 0.3) is 0 Å². The number of imidazole rings is 1. The number of H-pyrrole nitrogens is 1. The van der Waals surface area contributed by atoms with E-state index in [-0.39, 0.29) is 10.8 Å². The van der Waals surface area contributed by atoms with Gasteiger partial charge in [0.05, 0.1) is 5.69 Å². The van der Waals surface area contributed by atoms with Crippen molar-refractivity contribution in [3.05, 3.63) is 34.8 Å². The van der Waals surface area contributed by atoms with Crippen LogP contribution in [0.15, 0.2) is 15.4 Å². The van der Waals surface area contributed by atoms with Crippen LogP contribution in [0.4, 0.5) is 0 Å². The standard InChI is InChI=1S/C16H23N3O3S/c1-10-8-15(13(4)22-10)23(20,21)19-7-5-6-14(9-19)16-17-11(2)12(3)18-16/h8,14H,5-7,9H2,1-4H3,(H,17,18)/t14-/m0/s1. The van der Waals surface area contributed by atoms with Crippen LogP contribution in [0.1, 0.15) is 47.5 Å². The molecule has 0 spiro atoms. The summed E-state index contributed by atoms with van der Waals surface area (Å²) in [5.74, 6) is 2.07. The summed E-state index contributed by atoms with van der Waals surface area (Å²) >= 11 is 0. The first kappa shape index (κ1) is 16.3. The first-order chi connectivity index (χ1) is 10.8. The lowest BCUT2D eigenvalue weighted by atomic mass is 9.99. The van der Waals surface area contributed by atoms with Gasteiger partial charge in [-0.25, -0.2) is 13.4 Å². The predicted octanol–water partition coefficient (Wildman–Crippen LogP) is 2.80. The highest BCUT2D eigenvalue weighted by Crippen LogP contribution is 2.31. The Morgan fingerprint density at radius 2 is 2.04 bits per heavy atom. The topological polar surface area (TPSA) is 79.2 Å². The average molecular weight is 337 g/mol. The second kappa shape index (κ2) is 5.79. The predicted molar refractivity (Wildman–Crippen MR) is 87.0 cm³/mol. The highest BCUT2D eigenvalue weighted by Gasteiger charge is 2.34. The maximum absolute atomic E-state index is 12.9. The normalized spacial score (nSPS) is 20.1. The van der Waals surface area contributed by atoms with Crippen LogP contribution in [-0.2, 0) is 10.0 Å². The lowest BCUT2D eigenvalue weighted by molar-refractivity contribution is 0.309. The first-order valence-corrected chi connectivity index (χ1v) is 9.33. The zero-order chi connectivity index (χ0) is 16.8. The lowest BCUT2D eigenvalue weighted by Gasteiger charge is -2.30. The molecule has 1 saturated heterocycles. The second-order valence-electron chi connectivity index (χ2n) is 6.31. The van der Waals surface area contributed by atoms with Crippen molar-refractivity contribution in [1.29, 1.82) is 0 Å². The molecule has 0 aliphatic carbocycles. The van der Waals surface area contributed by atoms with Gasteiger partial charge in [-0.2, -0.15) is 4.31 Å². The van der Waals surface area contributed by atoms with Gasteiger partial charge < -0.3 is 9.40 Å². The summed E-state index contributed by atoms with van der Waals surface area (Å²) in [4.78, 5) is 8.12. The molecule has 126 valence electrons. The maximum Gasteiger partial charge on any atom is 0.246 e. The quantitative estimate of drug-likeness (QED) is 0.934. The van der Waals surface area contributed by atoms with Crippen LogP contribution < -0.4 is 0 Å². The maximum atomic E-state index is 12.9. The van der Waals surface area contributed by atoms with E-state index in [0.717, 1.165) is 30.1 Å². The summed E-state index contributed by atoms with van der Waals surface area (Å²) in [5, 5.41) is 0. The van der Waals surface area contributed by atoms with Crippen LogP contribution in [0.3, 0.4) is 0 Å². The van der Waals surface area contributed by atoms with Gasteiger partial charge in [0, 0.05) is 24.7 Å². The van der Waals surface area contributed by atoms with Crippen molar-refractivity contribution in [2.75, 3.05) is 13.1 Å². The molecule has 0 bridgehead atoms. The molecule has 1 N–H and O–H groups in total. The Morgan fingerprint density at radius 1 is 1.30 bits per heavy atom. The number of piperidine rings is 1. The number of aromatic amines is 1. The minimum atomic E-state index is -3.52. The van der Waals surface area contributed by atoms with Crippen molar-refractivity contribution >= 4 is 10.0 Å².